The highest BCUT2D eigenvalue weighted by Crippen LogP contribution is 2.28. The Morgan fingerprint density at radius 1 is 1.29 bits per heavy atom. The molecule has 0 saturated carbocycles. The van der Waals surface area contributed by atoms with Gasteiger partial charge in [0, 0.05) is 38.0 Å². The lowest BCUT2D eigenvalue weighted by Gasteiger charge is -2.17. The van der Waals surface area contributed by atoms with E-state index < -0.39 is 0 Å². The van der Waals surface area contributed by atoms with Crippen molar-refractivity contribution in [3.8, 4) is 11.3 Å². The number of benzene rings is 1. The Labute approximate surface area is 160 Å². The maximum atomic E-state index is 13.3. The largest absolute Gasteiger partial charge is 0.337 e. The highest BCUT2D eigenvalue weighted by molar-refractivity contribution is 6.06. The molecule has 0 saturated heterocycles. The van der Waals surface area contributed by atoms with Crippen LogP contribution in [0.2, 0.25) is 0 Å². The van der Waals surface area contributed by atoms with Crippen molar-refractivity contribution in [2.75, 3.05) is 7.05 Å². The molecule has 0 spiro atoms. The molecule has 1 amide bonds. The van der Waals surface area contributed by atoms with Crippen molar-refractivity contribution < 1.29 is 13.7 Å². The second-order valence-electron chi connectivity index (χ2n) is 6.69. The van der Waals surface area contributed by atoms with Gasteiger partial charge in [-0.15, -0.1) is 0 Å². The van der Waals surface area contributed by atoms with E-state index >= 15 is 0 Å². The molecule has 0 aliphatic heterocycles. The zero-order chi connectivity index (χ0) is 19.8. The van der Waals surface area contributed by atoms with E-state index in [1.807, 2.05) is 13.2 Å². The first-order chi connectivity index (χ1) is 13.4. The lowest BCUT2D eigenvalue weighted by molar-refractivity contribution is 0.0787. The Bertz CT molecular complexity index is 1160. The highest BCUT2D eigenvalue weighted by Gasteiger charge is 2.22. The standard InChI is InChI=1S/C20H18FN5O2/c1-12-18-16(20(27)25(2)10-13-9-22-26(3)11-13)8-17(23-19(18)28-24-12)14-4-6-15(21)7-5-14/h4-9,11H,10H2,1-3H3. The molecule has 8 heteroatoms. The summed E-state index contributed by atoms with van der Waals surface area (Å²) in [6.45, 7) is 2.18. The first-order valence-electron chi connectivity index (χ1n) is 8.68. The fraction of sp³-hybridized carbons (Fsp3) is 0.200. The molecule has 3 aromatic heterocycles. The molecule has 0 aliphatic carbocycles. The normalized spacial score (nSPS) is 11.1. The molecule has 3 heterocycles. The van der Waals surface area contributed by atoms with Crippen LogP contribution < -0.4 is 0 Å². The minimum absolute atomic E-state index is 0.189. The van der Waals surface area contributed by atoms with Gasteiger partial charge in [0.15, 0.2) is 0 Å². The van der Waals surface area contributed by atoms with Gasteiger partial charge in [0.1, 0.15) is 5.82 Å². The predicted octanol–water partition coefficient (Wildman–Crippen LogP) is 3.34. The minimum Gasteiger partial charge on any atom is -0.337 e. The zero-order valence-electron chi connectivity index (χ0n) is 15.7. The van der Waals surface area contributed by atoms with E-state index in [0.717, 1.165) is 5.56 Å². The minimum atomic E-state index is -0.340. The summed E-state index contributed by atoms with van der Waals surface area (Å²) in [7, 11) is 3.55. The van der Waals surface area contributed by atoms with Gasteiger partial charge in [0.05, 0.1) is 28.5 Å². The Hall–Kier alpha value is -3.55. The van der Waals surface area contributed by atoms with Gasteiger partial charge in [-0.05, 0) is 37.3 Å². The molecule has 0 radical (unpaired) electrons. The maximum absolute atomic E-state index is 13.3. The van der Waals surface area contributed by atoms with Gasteiger partial charge in [-0.2, -0.15) is 5.10 Å². The fourth-order valence-electron chi connectivity index (χ4n) is 3.14. The number of aryl methyl sites for hydroxylation is 2. The number of halogens is 1. The van der Waals surface area contributed by atoms with Gasteiger partial charge in [-0.1, -0.05) is 5.16 Å². The molecular formula is C20H18FN5O2. The smallest absolute Gasteiger partial charge is 0.259 e. The molecule has 142 valence electrons. The lowest BCUT2D eigenvalue weighted by atomic mass is 10.0. The first-order valence-corrected chi connectivity index (χ1v) is 8.68. The van der Waals surface area contributed by atoms with Crippen molar-refractivity contribution in [3.63, 3.8) is 0 Å². The number of pyridine rings is 1. The molecule has 0 unspecified atom stereocenters. The summed E-state index contributed by atoms with van der Waals surface area (Å²) in [6, 6.07) is 7.62. The summed E-state index contributed by atoms with van der Waals surface area (Å²) in [5, 5.41) is 8.66. The molecule has 7 nitrogen and oxygen atoms in total. The number of hydrogen-bond donors (Lipinski definition) is 0. The van der Waals surface area contributed by atoms with Crippen molar-refractivity contribution in [1.82, 2.24) is 24.8 Å². The molecule has 4 aromatic rings. The Kier molecular flexibility index (Phi) is 4.38. The molecule has 0 aliphatic rings. The van der Waals surface area contributed by atoms with Crippen LogP contribution in [-0.4, -0.2) is 37.8 Å². The molecule has 0 bridgehead atoms. The number of fused-ring (bicyclic) bond motifs is 1. The van der Waals surface area contributed by atoms with Gasteiger partial charge < -0.3 is 9.42 Å². The van der Waals surface area contributed by atoms with Gasteiger partial charge >= 0.3 is 0 Å². The van der Waals surface area contributed by atoms with Gasteiger partial charge in [0.25, 0.3) is 11.6 Å². The van der Waals surface area contributed by atoms with Crippen LogP contribution in [0.1, 0.15) is 21.6 Å². The predicted molar refractivity (Wildman–Crippen MR) is 101 cm³/mol. The fourth-order valence-corrected chi connectivity index (χ4v) is 3.14. The topological polar surface area (TPSA) is 77.1 Å². The lowest BCUT2D eigenvalue weighted by Crippen LogP contribution is -2.26. The number of carbonyl (C=O) groups excluding carboxylic acids is 1. The average molecular weight is 379 g/mol. The number of nitrogens with zero attached hydrogens (tertiary/aromatic N) is 5. The van der Waals surface area contributed by atoms with Gasteiger partial charge in [-0.3, -0.25) is 9.48 Å². The Morgan fingerprint density at radius 3 is 2.71 bits per heavy atom. The van der Waals surface area contributed by atoms with E-state index in [2.05, 4.69) is 15.2 Å². The van der Waals surface area contributed by atoms with Crippen molar-refractivity contribution >= 4 is 17.0 Å². The van der Waals surface area contributed by atoms with Crippen LogP contribution >= 0.6 is 0 Å². The van der Waals surface area contributed by atoms with Crippen LogP contribution in [-0.2, 0) is 13.6 Å². The number of rotatable bonds is 4. The van der Waals surface area contributed by atoms with E-state index in [1.54, 1.807) is 47.9 Å². The van der Waals surface area contributed by atoms with Gasteiger partial charge in [0.2, 0.25) is 0 Å². The molecule has 0 N–H and O–H groups in total. The first kappa shape index (κ1) is 17.8. The van der Waals surface area contributed by atoms with Crippen molar-refractivity contribution in [2.24, 2.45) is 7.05 Å². The number of aromatic nitrogens is 4. The third-order valence-corrected chi connectivity index (χ3v) is 4.51. The van der Waals surface area contributed by atoms with Crippen LogP contribution in [0.5, 0.6) is 0 Å². The average Bonchev–Trinajstić information content (AvgIpc) is 3.26. The molecule has 0 fully saturated rings. The Morgan fingerprint density at radius 2 is 2.04 bits per heavy atom. The summed E-state index contributed by atoms with van der Waals surface area (Å²) in [6.07, 6.45) is 3.58. The molecular weight excluding hydrogens is 361 g/mol. The second-order valence-corrected chi connectivity index (χ2v) is 6.69. The number of amides is 1. The van der Waals surface area contributed by atoms with E-state index in [4.69, 9.17) is 4.52 Å². The van der Waals surface area contributed by atoms with Gasteiger partial charge in [-0.25, -0.2) is 9.37 Å². The third-order valence-electron chi connectivity index (χ3n) is 4.51. The van der Waals surface area contributed by atoms with Crippen LogP contribution in [0.15, 0.2) is 47.2 Å². The van der Waals surface area contributed by atoms with E-state index in [9.17, 15) is 9.18 Å². The van der Waals surface area contributed by atoms with Crippen LogP contribution in [0, 0.1) is 12.7 Å². The number of carbonyl (C=O) groups is 1. The summed E-state index contributed by atoms with van der Waals surface area (Å²) in [4.78, 5) is 19.3. The SMILES string of the molecule is Cc1noc2nc(-c3ccc(F)cc3)cc(C(=O)N(C)Cc3cnn(C)c3)c12. The zero-order valence-corrected chi connectivity index (χ0v) is 15.7. The van der Waals surface area contributed by atoms with Crippen molar-refractivity contribution in [1.29, 1.82) is 0 Å². The summed E-state index contributed by atoms with van der Waals surface area (Å²) < 4.78 is 20.3. The molecule has 4 rings (SSSR count). The molecule has 0 atom stereocenters. The maximum Gasteiger partial charge on any atom is 0.259 e. The molecule has 28 heavy (non-hydrogen) atoms. The van der Waals surface area contributed by atoms with Crippen LogP contribution in [0.25, 0.3) is 22.4 Å². The summed E-state index contributed by atoms with van der Waals surface area (Å²) in [5.41, 5.74) is 3.42. The van der Waals surface area contributed by atoms with Crippen LogP contribution in [0.4, 0.5) is 4.39 Å². The monoisotopic (exact) mass is 379 g/mol. The van der Waals surface area contributed by atoms with E-state index in [-0.39, 0.29) is 17.4 Å². The number of hydrogen-bond acceptors (Lipinski definition) is 5. The van der Waals surface area contributed by atoms with E-state index in [1.165, 1.54) is 12.1 Å². The summed E-state index contributed by atoms with van der Waals surface area (Å²) in [5.74, 6) is -0.529. The highest BCUT2D eigenvalue weighted by atomic mass is 19.1. The Balaban J connectivity index is 1.76. The van der Waals surface area contributed by atoms with E-state index in [0.29, 0.717) is 34.4 Å². The summed E-state index contributed by atoms with van der Waals surface area (Å²) >= 11 is 0. The van der Waals surface area contributed by atoms with Crippen LogP contribution in [0.3, 0.4) is 0 Å². The quantitative estimate of drug-likeness (QED) is 0.543. The second kappa shape index (κ2) is 6.88. The van der Waals surface area contributed by atoms with Crippen molar-refractivity contribution in [2.45, 2.75) is 13.5 Å². The third kappa shape index (κ3) is 3.24. The van der Waals surface area contributed by atoms with Crippen molar-refractivity contribution in [3.05, 3.63) is 65.4 Å². The molecule has 1 aromatic carbocycles.